The predicted molar refractivity (Wildman–Crippen MR) is 50.5 cm³/mol. The van der Waals surface area contributed by atoms with E-state index in [4.69, 9.17) is 16.7 Å². The first-order valence-electron chi connectivity index (χ1n) is 4.00. The number of nitrogen functional groups attached to an aromatic ring is 1. The van der Waals surface area contributed by atoms with Gasteiger partial charge < -0.3 is 11.5 Å². The molecule has 1 heterocycles. The van der Waals surface area contributed by atoms with Crippen LogP contribution in [0.3, 0.4) is 0 Å². The predicted octanol–water partition coefficient (Wildman–Crippen LogP) is 0.886. The lowest BCUT2D eigenvalue weighted by Gasteiger charge is -2.10. The zero-order chi connectivity index (χ0) is 9.84. The first kappa shape index (κ1) is 9.49. The molecule has 1 atom stereocenters. The summed E-state index contributed by atoms with van der Waals surface area (Å²) in [5.74, 6) is 0.477. The molecule has 0 saturated heterocycles. The number of anilines is 1. The van der Waals surface area contributed by atoms with Gasteiger partial charge in [0.05, 0.1) is 12.5 Å². The van der Waals surface area contributed by atoms with Crippen LogP contribution >= 0.6 is 0 Å². The molecule has 0 saturated carbocycles. The molecule has 4 heteroatoms. The quantitative estimate of drug-likeness (QED) is 0.700. The fourth-order valence-electron chi connectivity index (χ4n) is 1.19. The zero-order valence-electron chi connectivity index (χ0n) is 7.49. The Labute approximate surface area is 77.2 Å². The van der Waals surface area contributed by atoms with Crippen LogP contribution in [-0.2, 0) is 0 Å². The van der Waals surface area contributed by atoms with Crippen LogP contribution in [0.15, 0.2) is 12.1 Å². The van der Waals surface area contributed by atoms with E-state index in [-0.39, 0.29) is 6.04 Å². The van der Waals surface area contributed by atoms with Crippen molar-refractivity contribution in [2.24, 2.45) is 5.73 Å². The maximum atomic E-state index is 8.47. The minimum absolute atomic E-state index is 0.266. The molecule has 0 aromatic carbocycles. The van der Waals surface area contributed by atoms with Gasteiger partial charge in [0.1, 0.15) is 5.82 Å². The van der Waals surface area contributed by atoms with Crippen LogP contribution in [0.5, 0.6) is 0 Å². The summed E-state index contributed by atoms with van der Waals surface area (Å²) in [5.41, 5.74) is 12.9. The summed E-state index contributed by atoms with van der Waals surface area (Å²) in [6.07, 6.45) is 0.298. The Hall–Kier alpha value is -1.60. The van der Waals surface area contributed by atoms with Gasteiger partial charge in [-0.3, -0.25) is 0 Å². The molecule has 1 aromatic heterocycles. The van der Waals surface area contributed by atoms with Gasteiger partial charge in [0, 0.05) is 11.7 Å². The number of nitriles is 1. The molecule has 13 heavy (non-hydrogen) atoms. The molecule has 0 bridgehead atoms. The molecular weight excluding hydrogens is 164 g/mol. The van der Waals surface area contributed by atoms with Crippen LogP contribution in [0.4, 0.5) is 5.82 Å². The lowest BCUT2D eigenvalue weighted by atomic mass is 10.0. The molecule has 0 radical (unpaired) electrons. The highest BCUT2D eigenvalue weighted by atomic mass is 14.8. The summed E-state index contributed by atoms with van der Waals surface area (Å²) in [5, 5.41) is 8.47. The fourth-order valence-corrected chi connectivity index (χ4v) is 1.19. The highest BCUT2D eigenvalue weighted by molar-refractivity contribution is 5.35. The number of hydrogen-bond donors (Lipinski definition) is 2. The molecule has 0 amide bonds. The molecule has 0 aliphatic heterocycles. The lowest BCUT2D eigenvalue weighted by Crippen LogP contribution is -2.12. The van der Waals surface area contributed by atoms with Crippen LogP contribution < -0.4 is 11.5 Å². The molecule has 4 N–H and O–H groups in total. The summed E-state index contributed by atoms with van der Waals surface area (Å²) in [6.45, 7) is 1.84. The highest BCUT2D eigenvalue weighted by Gasteiger charge is 2.08. The number of aryl methyl sites for hydroxylation is 1. The number of nitrogens with zero attached hydrogens (tertiary/aromatic N) is 2. The smallest absolute Gasteiger partial charge is 0.123 e. The SMILES string of the molecule is Cc1nc(N)ccc1[C@@H](N)CC#N. The van der Waals surface area contributed by atoms with Crippen molar-refractivity contribution in [1.29, 1.82) is 5.26 Å². The number of aromatic nitrogens is 1. The lowest BCUT2D eigenvalue weighted by molar-refractivity contribution is 0.736. The standard InChI is InChI=1S/C9H12N4/c1-6-7(8(11)4-5-10)2-3-9(12)13-6/h2-3,8H,4,11H2,1H3,(H2,12,13)/t8-/m0/s1. The summed E-state index contributed by atoms with van der Waals surface area (Å²) in [7, 11) is 0. The molecular formula is C9H12N4. The van der Waals surface area contributed by atoms with E-state index >= 15 is 0 Å². The van der Waals surface area contributed by atoms with E-state index in [0.29, 0.717) is 12.2 Å². The number of nitrogens with two attached hydrogens (primary N) is 2. The Balaban J connectivity index is 2.96. The van der Waals surface area contributed by atoms with Gasteiger partial charge in [0.15, 0.2) is 0 Å². The molecule has 0 unspecified atom stereocenters. The van der Waals surface area contributed by atoms with E-state index in [1.165, 1.54) is 0 Å². The van der Waals surface area contributed by atoms with E-state index in [9.17, 15) is 0 Å². The van der Waals surface area contributed by atoms with Crippen molar-refractivity contribution in [3.63, 3.8) is 0 Å². The topological polar surface area (TPSA) is 88.7 Å². The first-order valence-corrected chi connectivity index (χ1v) is 4.00. The van der Waals surface area contributed by atoms with Crippen LogP contribution in [0.1, 0.15) is 23.7 Å². The normalized spacial score (nSPS) is 12.1. The molecule has 1 rings (SSSR count). The third kappa shape index (κ3) is 2.17. The minimum atomic E-state index is -0.266. The van der Waals surface area contributed by atoms with Gasteiger partial charge in [-0.25, -0.2) is 4.98 Å². The van der Waals surface area contributed by atoms with Gasteiger partial charge in [-0.05, 0) is 18.6 Å². The van der Waals surface area contributed by atoms with E-state index in [1.54, 1.807) is 6.07 Å². The Bertz CT molecular complexity index is 340. The van der Waals surface area contributed by atoms with Gasteiger partial charge in [-0.1, -0.05) is 6.07 Å². The monoisotopic (exact) mass is 176 g/mol. The zero-order valence-corrected chi connectivity index (χ0v) is 7.49. The second kappa shape index (κ2) is 3.87. The van der Waals surface area contributed by atoms with Crippen molar-refractivity contribution in [3.05, 3.63) is 23.4 Å². The van der Waals surface area contributed by atoms with Crippen LogP contribution in [0.25, 0.3) is 0 Å². The third-order valence-corrected chi connectivity index (χ3v) is 1.86. The van der Waals surface area contributed by atoms with Gasteiger partial charge in [0.25, 0.3) is 0 Å². The van der Waals surface area contributed by atoms with Crippen LogP contribution in [-0.4, -0.2) is 4.98 Å². The largest absolute Gasteiger partial charge is 0.384 e. The summed E-state index contributed by atoms with van der Waals surface area (Å²) in [4.78, 5) is 4.07. The van der Waals surface area contributed by atoms with Crippen molar-refractivity contribution in [1.82, 2.24) is 4.98 Å². The Morgan fingerprint density at radius 2 is 2.31 bits per heavy atom. The number of hydrogen-bond acceptors (Lipinski definition) is 4. The summed E-state index contributed by atoms with van der Waals surface area (Å²) in [6, 6.07) is 5.27. The van der Waals surface area contributed by atoms with Crippen molar-refractivity contribution in [2.45, 2.75) is 19.4 Å². The summed E-state index contributed by atoms with van der Waals surface area (Å²) < 4.78 is 0. The molecule has 0 aliphatic rings. The fraction of sp³-hybridized carbons (Fsp3) is 0.333. The van der Waals surface area contributed by atoms with Gasteiger partial charge in [-0.15, -0.1) is 0 Å². The average molecular weight is 176 g/mol. The first-order chi connectivity index (χ1) is 6.15. The highest BCUT2D eigenvalue weighted by Crippen LogP contribution is 2.17. The Morgan fingerprint density at radius 1 is 1.62 bits per heavy atom. The van der Waals surface area contributed by atoms with Gasteiger partial charge in [0.2, 0.25) is 0 Å². The van der Waals surface area contributed by atoms with Crippen molar-refractivity contribution in [3.8, 4) is 6.07 Å². The molecule has 4 nitrogen and oxygen atoms in total. The maximum absolute atomic E-state index is 8.47. The van der Waals surface area contributed by atoms with E-state index in [0.717, 1.165) is 11.3 Å². The Morgan fingerprint density at radius 3 is 2.85 bits per heavy atom. The second-order valence-corrected chi connectivity index (χ2v) is 2.88. The van der Waals surface area contributed by atoms with Crippen LogP contribution in [0.2, 0.25) is 0 Å². The molecule has 68 valence electrons. The van der Waals surface area contributed by atoms with Gasteiger partial charge >= 0.3 is 0 Å². The van der Waals surface area contributed by atoms with Gasteiger partial charge in [-0.2, -0.15) is 5.26 Å². The van der Waals surface area contributed by atoms with E-state index < -0.39 is 0 Å². The van der Waals surface area contributed by atoms with E-state index in [1.807, 2.05) is 19.1 Å². The third-order valence-electron chi connectivity index (χ3n) is 1.86. The molecule has 0 fully saturated rings. The Kier molecular flexibility index (Phi) is 2.83. The number of pyridine rings is 1. The second-order valence-electron chi connectivity index (χ2n) is 2.88. The van der Waals surface area contributed by atoms with Crippen molar-refractivity contribution < 1.29 is 0 Å². The molecule has 1 aromatic rings. The average Bonchev–Trinajstić information content (AvgIpc) is 2.04. The molecule has 0 aliphatic carbocycles. The molecule has 0 spiro atoms. The maximum Gasteiger partial charge on any atom is 0.123 e. The van der Waals surface area contributed by atoms with E-state index in [2.05, 4.69) is 4.98 Å². The van der Waals surface area contributed by atoms with Crippen molar-refractivity contribution in [2.75, 3.05) is 5.73 Å². The number of rotatable bonds is 2. The minimum Gasteiger partial charge on any atom is -0.384 e. The van der Waals surface area contributed by atoms with Crippen LogP contribution in [0, 0.1) is 18.3 Å². The summed E-state index contributed by atoms with van der Waals surface area (Å²) >= 11 is 0. The van der Waals surface area contributed by atoms with Crippen molar-refractivity contribution >= 4 is 5.82 Å².